The van der Waals surface area contributed by atoms with Crippen LogP contribution in [0.3, 0.4) is 0 Å². The first kappa shape index (κ1) is 15.2. The third kappa shape index (κ3) is 3.49. The van der Waals surface area contributed by atoms with Gasteiger partial charge in [0.05, 0.1) is 17.7 Å². The van der Waals surface area contributed by atoms with Crippen LogP contribution < -0.4 is 10.1 Å². The van der Waals surface area contributed by atoms with E-state index in [1.165, 1.54) is 12.4 Å². The molecule has 0 spiro atoms. The van der Waals surface area contributed by atoms with E-state index in [0.717, 1.165) is 5.56 Å². The van der Waals surface area contributed by atoms with Gasteiger partial charge in [-0.05, 0) is 48.0 Å². The first-order valence-electron chi connectivity index (χ1n) is 6.27. The maximum absolute atomic E-state index is 11.1. The van der Waals surface area contributed by atoms with E-state index in [2.05, 4.69) is 31.2 Å². The first-order valence-corrected chi connectivity index (χ1v) is 7.06. The molecule has 0 bridgehead atoms. The maximum atomic E-state index is 11.1. The van der Waals surface area contributed by atoms with Crippen molar-refractivity contribution in [3.8, 4) is 5.88 Å². The van der Waals surface area contributed by atoms with Gasteiger partial charge in [0, 0.05) is 10.2 Å². The molecule has 7 heteroatoms. The molecule has 0 aliphatic carbocycles. The summed E-state index contributed by atoms with van der Waals surface area (Å²) in [5.74, 6) is 0.0811. The van der Waals surface area contributed by atoms with Crippen molar-refractivity contribution < 1.29 is 14.6 Å². The summed E-state index contributed by atoms with van der Waals surface area (Å²) in [5.41, 5.74) is 1.57. The second kappa shape index (κ2) is 6.53. The minimum Gasteiger partial charge on any atom is -0.478 e. The highest BCUT2D eigenvalue weighted by Gasteiger charge is 2.11. The van der Waals surface area contributed by atoms with E-state index in [0.29, 0.717) is 28.5 Å². The second-order valence-corrected chi connectivity index (χ2v) is 5.06. The molecule has 110 valence electrons. The zero-order valence-electron chi connectivity index (χ0n) is 11.6. The molecule has 0 amide bonds. The third-order valence-corrected chi connectivity index (χ3v) is 3.47. The average molecular weight is 352 g/mol. The fraction of sp³-hybridized carbons (Fsp3) is 0.214. The number of nitrogens with one attached hydrogen (secondary N) is 1. The van der Waals surface area contributed by atoms with Gasteiger partial charge in [0.15, 0.2) is 0 Å². The van der Waals surface area contributed by atoms with E-state index in [1.54, 1.807) is 12.1 Å². The van der Waals surface area contributed by atoms with Gasteiger partial charge in [0.2, 0.25) is 5.88 Å². The Labute approximate surface area is 130 Å². The van der Waals surface area contributed by atoms with Crippen LogP contribution in [0.4, 0.5) is 11.5 Å². The fourth-order valence-corrected chi connectivity index (χ4v) is 2.16. The number of benzene rings is 1. The lowest BCUT2D eigenvalue weighted by Crippen LogP contribution is -2.04. The Balaban J connectivity index is 2.32. The highest BCUT2D eigenvalue weighted by molar-refractivity contribution is 9.10. The normalized spacial score (nSPS) is 10.2. The number of carboxylic acids is 1. The number of aromatic nitrogens is 2. The molecule has 2 N–H and O–H groups in total. The summed E-state index contributed by atoms with van der Waals surface area (Å²) in [5, 5.41) is 12.2. The number of rotatable bonds is 5. The fourth-order valence-electron chi connectivity index (χ4n) is 1.75. The Kier molecular flexibility index (Phi) is 4.74. The summed E-state index contributed by atoms with van der Waals surface area (Å²) in [4.78, 5) is 19.3. The molecule has 6 nitrogen and oxygen atoms in total. The molecule has 2 rings (SSSR count). The van der Waals surface area contributed by atoms with Gasteiger partial charge in [-0.15, -0.1) is 0 Å². The Morgan fingerprint density at radius 1 is 1.43 bits per heavy atom. The van der Waals surface area contributed by atoms with Gasteiger partial charge in [-0.2, -0.15) is 0 Å². The Hall–Kier alpha value is -2.15. The number of carbonyl (C=O) groups is 1. The molecule has 0 aliphatic heterocycles. The summed E-state index contributed by atoms with van der Waals surface area (Å²) in [6.45, 7) is 4.23. The van der Waals surface area contributed by atoms with Crippen molar-refractivity contribution in [3.63, 3.8) is 0 Å². The van der Waals surface area contributed by atoms with Crippen LogP contribution in [-0.4, -0.2) is 27.7 Å². The van der Waals surface area contributed by atoms with Crippen molar-refractivity contribution in [1.29, 1.82) is 0 Å². The lowest BCUT2D eigenvalue weighted by Gasteiger charge is -2.12. The van der Waals surface area contributed by atoms with Gasteiger partial charge in [0.25, 0.3) is 0 Å². The number of carboxylic acid groups (broad SMARTS) is 1. The van der Waals surface area contributed by atoms with Crippen molar-refractivity contribution in [2.75, 3.05) is 11.9 Å². The molecule has 0 atom stereocenters. The number of hydrogen-bond acceptors (Lipinski definition) is 5. The molecular formula is C14H14BrN3O3. The molecule has 1 heterocycles. The highest BCUT2D eigenvalue weighted by Crippen LogP contribution is 2.26. The van der Waals surface area contributed by atoms with Gasteiger partial charge >= 0.3 is 5.97 Å². The molecule has 2 aromatic rings. The van der Waals surface area contributed by atoms with Gasteiger partial charge in [-0.1, -0.05) is 0 Å². The van der Waals surface area contributed by atoms with Crippen molar-refractivity contribution >= 4 is 33.4 Å². The van der Waals surface area contributed by atoms with Gasteiger partial charge in [0.1, 0.15) is 12.1 Å². The average Bonchev–Trinajstić information content (AvgIpc) is 2.45. The van der Waals surface area contributed by atoms with Gasteiger partial charge < -0.3 is 15.2 Å². The van der Waals surface area contributed by atoms with Crippen LogP contribution >= 0.6 is 15.9 Å². The van der Waals surface area contributed by atoms with Crippen LogP contribution in [0.2, 0.25) is 0 Å². The van der Waals surface area contributed by atoms with Crippen LogP contribution in [0.5, 0.6) is 5.88 Å². The predicted molar refractivity (Wildman–Crippen MR) is 82.3 cm³/mol. The predicted octanol–water partition coefficient (Wildman–Crippen LogP) is 3.39. The van der Waals surface area contributed by atoms with Crippen LogP contribution in [0.25, 0.3) is 0 Å². The van der Waals surface area contributed by atoms with Crippen LogP contribution in [0, 0.1) is 6.92 Å². The Morgan fingerprint density at radius 3 is 2.86 bits per heavy atom. The number of hydrogen-bond donors (Lipinski definition) is 2. The topological polar surface area (TPSA) is 84.3 Å². The van der Waals surface area contributed by atoms with E-state index >= 15 is 0 Å². The van der Waals surface area contributed by atoms with Crippen LogP contribution in [0.15, 0.2) is 29.0 Å². The number of anilines is 2. The molecule has 0 aliphatic rings. The molecule has 1 aromatic carbocycles. The Morgan fingerprint density at radius 2 is 2.19 bits per heavy atom. The van der Waals surface area contributed by atoms with Gasteiger partial charge in [-0.3, -0.25) is 0 Å². The van der Waals surface area contributed by atoms with E-state index in [-0.39, 0.29) is 5.56 Å². The summed E-state index contributed by atoms with van der Waals surface area (Å²) in [7, 11) is 0. The molecule has 21 heavy (non-hydrogen) atoms. The smallest absolute Gasteiger partial charge is 0.336 e. The number of ether oxygens (including phenoxy) is 1. The Bertz CT molecular complexity index is 677. The maximum Gasteiger partial charge on any atom is 0.336 e. The highest BCUT2D eigenvalue weighted by atomic mass is 79.9. The molecule has 1 aromatic heterocycles. The SMILES string of the molecule is CCOc1ncnc(Nc2ccc(Br)c(C(=O)O)c2)c1C. The van der Waals surface area contributed by atoms with Crippen molar-refractivity contribution in [3.05, 3.63) is 40.1 Å². The number of aromatic carboxylic acids is 1. The minimum atomic E-state index is -1.00. The summed E-state index contributed by atoms with van der Waals surface area (Å²) in [6, 6.07) is 4.97. The zero-order chi connectivity index (χ0) is 15.4. The summed E-state index contributed by atoms with van der Waals surface area (Å²) < 4.78 is 5.93. The first-order chi connectivity index (χ1) is 10.0. The molecule has 0 unspecified atom stereocenters. The van der Waals surface area contributed by atoms with Gasteiger partial charge in [-0.25, -0.2) is 14.8 Å². The largest absolute Gasteiger partial charge is 0.478 e. The summed E-state index contributed by atoms with van der Waals surface area (Å²) >= 11 is 3.21. The van der Waals surface area contributed by atoms with Crippen molar-refractivity contribution in [2.45, 2.75) is 13.8 Å². The van der Waals surface area contributed by atoms with E-state index in [1.807, 2.05) is 13.8 Å². The molecule has 0 fully saturated rings. The van der Waals surface area contributed by atoms with Crippen LogP contribution in [0.1, 0.15) is 22.8 Å². The molecule has 0 radical (unpaired) electrons. The second-order valence-electron chi connectivity index (χ2n) is 4.21. The van der Waals surface area contributed by atoms with E-state index < -0.39 is 5.97 Å². The quantitative estimate of drug-likeness (QED) is 0.858. The number of nitrogens with zero attached hydrogens (tertiary/aromatic N) is 2. The molecule has 0 saturated heterocycles. The van der Waals surface area contributed by atoms with E-state index in [9.17, 15) is 4.79 Å². The lowest BCUT2D eigenvalue weighted by molar-refractivity contribution is 0.0696. The van der Waals surface area contributed by atoms with E-state index in [4.69, 9.17) is 9.84 Å². The standard InChI is InChI=1S/C14H14BrN3O3/c1-3-21-13-8(2)12(16-7-17-13)18-9-4-5-11(15)10(6-9)14(19)20/h4-7H,3H2,1-2H3,(H,19,20)(H,16,17,18). The van der Waals surface area contributed by atoms with Crippen LogP contribution in [-0.2, 0) is 0 Å². The number of halogens is 1. The van der Waals surface area contributed by atoms with Crippen molar-refractivity contribution in [1.82, 2.24) is 9.97 Å². The molecule has 0 saturated carbocycles. The summed E-state index contributed by atoms with van der Waals surface area (Å²) in [6.07, 6.45) is 1.40. The minimum absolute atomic E-state index is 0.178. The zero-order valence-corrected chi connectivity index (χ0v) is 13.1. The third-order valence-electron chi connectivity index (χ3n) is 2.78. The van der Waals surface area contributed by atoms with Crippen molar-refractivity contribution in [2.24, 2.45) is 0 Å². The molecular weight excluding hydrogens is 338 g/mol. The lowest BCUT2D eigenvalue weighted by atomic mass is 10.2. The monoisotopic (exact) mass is 351 g/mol.